The van der Waals surface area contributed by atoms with E-state index in [9.17, 15) is 4.79 Å². The van der Waals surface area contributed by atoms with Crippen molar-refractivity contribution in [1.82, 2.24) is 5.01 Å². The van der Waals surface area contributed by atoms with Gasteiger partial charge in [0, 0.05) is 0 Å². The van der Waals surface area contributed by atoms with E-state index in [1.54, 1.807) is 0 Å². The maximum atomic E-state index is 10.8. The number of hydrogen-bond donors (Lipinski definition) is 2. The third-order valence-corrected chi connectivity index (χ3v) is 3.09. The molecule has 0 saturated heterocycles. The largest absolute Gasteiger partial charge is 0.293 e. The van der Waals surface area contributed by atoms with Crippen molar-refractivity contribution < 1.29 is 4.79 Å². The number of alkyl halides is 1. The zero-order valence-electron chi connectivity index (χ0n) is 6.72. The summed E-state index contributed by atoms with van der Waals surface area (Å²) in [6, 6.07) is 9.53. The number of benzene rings is 1. The van der Waals surface area contributed by atoms with Crippen molar-refractivity contribution in [1.29, 1.82) is 0 Å². The van der Waals surface area contributed by atoms with Crippen LogP contribution in [0.5, 0.6) is 0 Å². The van der Waals surface area contributed by atoms with E-state index in [1.807, 2.05) is 30.3 Å². The molecule has 1 amide bonds. The molecule has 1 rings (SSSR count). The first-order valence-corrected chi connectivity index (χ1v) is 5.28. The molecule has 0 saturated carbocycles. The van der Waals surface area contributed by atoms with Gasteiger partial charge >= 0.3 is 0 Å². The van der Waals surface area contributed by atoms with Gasteiger partial charge in [-0.25, -0.2) is 5.84 Å². The average Bonchev–Trinajstić information content (AvgIpc) is 2.17. The number of hydrazine groups is 1. The molecule has 1 aromatic carbocycles. The van der Waals surface area contributed by atoms with Crippen molar-refractivity contribution in [2.45, 2.75) is 4.05 Å². The van der Waals surface area contributed by atoms with Crippen LogP contribution < -0.4 is 5.84 Å². The third kappa shape index (κ3) is 2.85. The molecule has 1 atom stereocenters. The summed E-state index contributed by atoms with van der Waals surface area (Å²) in [4.78, 5) is 10.8. The monoisotopic (exact) mass is 308 g/mol. The molecule has 0 aliphatic heterocycles. The van der Waals surface area contributed by atoms with Gasteiger partial charge in [0.15, 0.2) is 0 Å². The summed E-state index contributed by atoms with van der Waals surface area (Å²) >= 11 is 5.72. The first kappa shape index (κ1) is 10.8. The molecule has 0 aromatic heterocycles. The van der Waals surface area contributed by atoms with Crippen molar-refractivity contribution in [2.75, 3.05) is 0 Å². The Labute approximate surface area is 95.8 Å². The van der Waals surface area contributed by atoms with Crippen LogP contribution in [0.15, 0.2) is 30.3 Å². The van der Waals surface area contributed by atoms with Gasteiger partial charge in [0.2, 0.25) is 0 Å². The van der Waals surface area contributed by atoms with Crippen LogP contribution in [0.1, 0.15) is 9.61 Å². The highest BCUT2D eigenvalue weighted by atomic mass is 127. The van der Waals surface area contributed by atoms with Crippen LogP contribution in [0.2, 0.25) is 0 Å². The van der Waals surface area contributed by atoms with Crippen LogP contribution in [0, 0.1) is 0 Å². The molecule has 5 heteroatoms. The van der Waals surface area contributed by atoms with E-state index in [0.717, 1.165) is 10.6 Å². The molecule has 0 heterocycles. The van der Waals surface area contributed by atoms with E-state index < -0.39 is 5.24 Å². The summed E-state index contributed by atoms with van der Waals surface area (Å²) in [5, 5.41) is 0.641. The number of hydrogen-bond acceptors (Lipinski definition) is 2. The topological polar surface area (TPSA) is 46.3 Å². The van der Waals surface area contributed by atoms with Gasteiger partial charge in [0.05, 0.1) is 0 Å². The smallest absolute Gasteiger partial charge is 0.260 e. The molecule has 0 aliphatic rings. The minimum atomic E-state index is -0.441. The number of carbonyl (C=O) groups excluding carboxylic acids is 1. The number of nitrogens with two attached hydrogens (primary N) is 1. The van der Waals surface area contributed by atoms with Crippen molar-refractivity contribution in [2.24, 2.45) is 5.84 Å². The Morgan fingerprint density at radius 2 is 2.00 bits per heavy atom. The van der Waals surface area contributed by atoms with Crippen LogP contribution in [-0.2, 0) is 0 Å². The van der Waals surface area contributed by atoms with Gasteiger partial charge in [-0.1, -0.05) is 65.6 Å². The predicted octanol–water partition coefficient (Wildman–Crippen LogP) is 2.35. The number of thiol groups is 1. The molecule has 13 heavy (non-hydrogen) atoms. The number of rotatable bonds is 2. The van der Waals surface area contributed by atoms with Gasteiger partial charge in [0.1, 0.15) is 4.05 Å². The van der Waals surface area contributed by atoms with Crippen molar-refractivity contribution in [3.63, 3.8) is 0 Å². The van der Waals surface area contributed by atoms with Crippen molar-refractivity contribution >= 4 is 40.5 Å². The molecular weight excluding hydrogens is 299 g/mol. The lowest BCUT2D eigenvalue weighted by Crippen LogP contribution is -2.34. The molecule has 2 N–H and O–H groups in total. The molecule has 0 aliphatic carbocycles. The average molecular weight is 308 g/mol. The molecule has 3 nitrogen and oxygen atoms in total. The summed E-state index contributed by atoms with van der Waals surface area (Å²) in [5.74, 6) is 5.49. The molecule has 0 bridgehead atoms. The van der Waals surface area contributed by atoms with Crippen molar-refractivity contribution in [3.05, 3.63) is 35.9 Å². The third-order valence-electron chi connectivity index (χ3n) is 1.54. The highest BCUT2D eigenvalue weighted by Crippen LogP contribution is 2.25. The Morgan fingerprint density at radius 1 is 1.46 bits per heavy atom. The minimum Gasteiger partial charge on any atom is -0.260 e. The Bertz CT molecular complexity index is 293. The Morgan fingerprint density at radius 3 is 2.46 bits per heavy atom. The minimum absolute atomic E-state index is 0.177. The summed E-state index contributed by atoms with van der Waals surface area (Å²) in [5.41, 5.74) is 0.980. The SMILES string of the molecule is NN(C(=O)S)C(I)c1ccccc1. The fourth-order valence-electron chi connectivity index (χ4n) is 0.869. The molecule has 1 aromatic rings. The van der Waals surface area contributed by atoms with Crippen LogP contribution in [0.4, 0.5) is 4.79 Å². The van der Waals surface area contributed by atoms with E-state index in [0.29, 0.717) is 0 Å². The highest BCUT2D eigenvalue weighted by molar-refractivity contribution is 14.1. The van der Waals surface area contributed by atoms with E-state index in [4.69, 9.17) is 5.84 Å². The lowest BCUT2D eigenvalue weighted by molar-refractivity contribution is 0.223. The lowest BCUT2D eigenvalue weighted by atomic mass is 10.2. The standard InChI is InChI=1S/C8H9IN2OS/c9-7(11(10)8(12)13)6-4-2-1-3-5-6/h1-5,7H,10H2,(H,12,13). The predicted molar refractivity (Wildman–Crippen MR) is 63.6 cm³/mol. The normalized spacial score (nSPS) is 12.2. The number of nitrogens with zero attached hydrogens (tertiary/aromatic N) is 1. The molecule has 70 valence electrons. The van der Waals surface area contributed by atoms with Crippen LogP contribution >= 0.6 is 35.2 Å². The van der Waals surface area contributed by atoms with Crippen LogP contribution in [0.3, 0.4) is 0 Å². The Balaban J connectivity index is 2.79. The van der Waals surface area contributed by atoms with E-state index in [2.05, 4.69) is 35.2 Å². The maximum Gasteiger partial charge on any atom is 0.293 e. The van der Waals surface area contributed by atoms with Crippen LogP contribution in [0.25, 0.3) is 0 Å². The molecule has 0 fully saturated rings. The van der Waals surface area contributed by atoms with Gasteiger partial charge < -0.3 is 0 Å². The number of amides is 1. The maximum absolute atomic E-state index is 10.8. The molecule has 1 unspecified atom stereocenters. The van der Waals surface area contributed by atoms with E-state index >= 15 is 0 Å². The number of halogens is 1. The Kier molecular flexibility index (Phi) is 4.01. The molecule has 0 spiro atoms. The zero-order valence-corrected chi connectivity index (χ0v) is 9.77. The highest BCUT2D eigenvalue weighted by Gasteiger charge is 2.16. The number of carbonyl (C=O) groups is 1. The first-order chi connectivity index (χ1) is 6.13. The Hall–Kier alpha value is -0.270. The second-order valence-corrected chi connectivity index (χ2v) is 4.00. The lowest BCUT2D eigenvalue weighted by Gasteiger charge is -2.20. The van der Waals surface area contributed by atoms with Crippen molar-refractivity contribution in [3.8, 4) is 0 Å². The summed E-state index contributed by atoms with van der Waals surface area (Å²) < 4.78 is -0.177. The summed E-state index contributed by atoms with van der Waals surface area (Å²) in [6.45, 7) is 0. The summed E-state index contributed by atoms with van der Waals surface area (Å²) in [7, 11) is 0. The molecule has 0 radical (unpaired) electrons. The van der Waals surface area contributed by atoms with E-state index in [1.165, 1.54) is 0 Å². The van der Waals surface area contributed by atoms with Gasteiger partial charge in [-0.2, -0.15) is 0 Å². The first-order valence-electron chi connectivity index (χ1n) is 3.59. The fraction of sp³-hybridized carbons (Fsp3) is 0.125. The second-order valence-electron chi connectivity index (χ2n) is 2.44. The van der Waals surface area contributed by atoms with Crippen LogP contribution in [-0.4, -0.2) is 10.2 Å². The second kappa shape index (κ2) is 4.83. The fourth-order valence-corrected chi connectivity index (χ4v) is 1.87. The van der Waals surface area contributed by atoms with Gasteiger partial charge in [0.25, 0.3) is 5.24 Å². The quantitative estimate of drug-likeness (QED) is 0.168. The van der Waals surface area contributed by atoms with Gasteiger partial charge in [-0.15, -0.1) is 0 Å². The van der Waals surface area contributed by atoms with E-state index in [-0.39, 0.29) is 4.05 Å². The molecular formula is C8H9IN2OS. The van der Waals surface area contributed by atoms with Gasteiger partial charge in [-0.3, -0.25) is 9.80 Å². The van der Waals surface area contributed by atoms with Gasteiger partial charge in [-0.05, 0) is 5.56 Å². The summed E-state index contributed by atoms with van der Waals surface area (Å²) in [6.07, 6.45) is 0. The zero-order chi connectivity index (χ0) is 9.84.